The first kappa shape index (κ1) is 19.1. The molecule has 1 aliphatic heterocycles. The van der Waals surface area contributed by atoms with Crippen molar-refractivity contribution < 1.29 is 13.5 Å². The third-order valence-corrected chi connectivity index (χ3v) is 7.87. The van der Waals surface area contributed by atoms with E-state index in [2.05, 4.69) is 22.1 Å². The lowest BCUT2D eigenvalue weighted by Gasteiger charge is -2.21. The van der Waals surface area contributed by atoms with Crippen LogP contribution in [0.5, 0.6) is 5.75 Å². The van der Waals surface area contributed by atoms with Crippen molar-refractivity contribution in [2.24, 2.45) is 10.3 Å². The Morgan fingerprint density at radius 3 is 2.83 bits per heavy atom. The van der Waals surface area contributed by atoms with Crippen molar-refractivity contribution >= 4 is 43.1 Å². The number of benzene rings is 1. The van der Waals surface area contributed by atoms with Crippen LogP contribution in [0.1, 0.15) is 31.7 Å². The van der Waals surface area contributed by atoms with Gasteiger partial charge in [0, 0.05) is 6.04 Å². The van der Waals surface area contributed by atoms with Gasteiger partial charge in [0.05, 0.1) is 15.9 Å². The maximum absolute atomic E-state index is 13.4. The lowest BCUT2D eigenvalue weighted by molar-refractivity contribution is 0.478. The predicted octanol–water partition coefficient (Wildman–Crippen LogP) is 3.06. The number of nitrogens with zero attached hydrogens (tertiary/aromatic N) is 2. The number of anilines is 1. The molecule has 3 N–H and O–H groups in total. The smallest absolute Gasteiger partial charge is 0.286 e. The number of sulfonamides is 1. The van der Waals surface area contributed by atoms with E-state index < -0.39 is 15.6 Å². The molecule has 8 nitrogen and oxygen atoms in total. The standard InChI is InChI=1S/C20H20N4O4S2/c1-11-6-7-12(10-11)22-24-14-8-9-29-18(14)17(25)16(20(24)26)19-21-13-4-2-3-5-15(13)30(27,28)23-19/h2-5,8-9,11-12,22,25H,6-7,10H2,1H3,(H,21,23)/t11-,12?/m0/s1. The Bertz CT molecular complexity index is 1360. The third-order valence-electron chi connectivity index (χ3n) is 5.63. The number of aromatic nitrogens is 1. The van der Waals surface area contributed by atoms with Gasteiger partial charge in [0.15, 0.2) is 11.6 Å². The van der Waals surface area contributed by atoms with E-state index in [0.29, 0.717) is 21.8 Å². The second-order valence-electron chi connectivity index (χ2n) is 7.78. The lowest BCUT2D eigenvalue weighted by Crippen LogP contribution is -2.39. The molecule has 156 valence electrons. The molecule has 0 amide bonds. The van der Waals surface area contributed by atoms with Gasteiger partial charge in [0.25, 0.3) is 15.6 Å². The molecular weight excluding hydrogens is 424 g/mol. The molecule has 3 aromatic rings. The van der Waals surface area contributed by atoms with E-state index in [0.717, 1.165) is 19.3 Å². The number of hydrogen-bond acceptors (Lipinski definition) is 7. The molecule has 0 spiro atoms. The number of para-hydroxylation sites is 1. The second kappa shape index (κ2) is 6.85. The van der Waals surface area contributed by atoms with Gasteiger partial charge in [-0.3, -0.25) is 4.79 Å². The van der Waals surface area contributed by atoms with Gasteiger partial charge in [-0.05, 0) is 48.8 Å². The average Bonchev–Trinajstić information content (AvgIpc) is 3.34. The minimum atomic E-state index is -4.01. The molecule has 0 bridgehead atoms. The second-order valence-corrected chi connectivity index (χ2v) is 10.3. The monoisotopic (exact) mass is 444 g/mol. The quantitative estimate of drug-likeness (QED) is 0.572. The van der Waals surface area contributed by atoms with Gasteiger partial charge < -0.3 is 15.8 Å². The number of amidine groups is 1. The summed E-state index contributed by atoms with van der Waals surface area (Å²) in [6.07, 6.45) is 2.96. The van der Waals surface area contributed by atoms with Crippen molar-refractivity contribution in [3.63, 3.8) is 0 Å². The predicted molar refractivity (Wildman–Crippen MR) is 118 cm³/mol. The SMILES string of the molecule is C[C@H]1CCC(Nn2c(=O)c(C3=NS(=O)(=O)c4ccccc4N3)c(O)c3sccc32)C1. The number of fused-ring (bicyclic) bond motifs is 2. The number of aromatic hydroxyl groups is 1. The first-order valence-electron chi connectivity index (χ1n) is 9.68. The van der Waals surface area contributed by atoms with Crippen molar-refractivity contribution in [2.45, 2.75) is 37.1 Å². The summed E-state index contributed by atoms with van der Waals surface area (Å²) in [5, 5.41) is 15.6. The van der Waals surface area contributed by atoms with E-state index in [9.17, 15) is 18.3 Å². The summed E-state index contributed by atoms with van der Waals surface area (Å²) in [5.41, 5.74) is 3.45. The van der Waals surface area contributed by atoms with Gasteiger partial charge in [-0.15, -0.1) is 15.7 Å². The number of thiophene rings is 1. The molecule has 5 rings (SSSR count). The van der Waals surface area contributed by atoms with Crippen LogP contribution in [0.2, 0.25) is 0 Å². The number of nitrogens with one attached hydrogen (secondary N) is 2. The molecule has 1 unspecified atom stereocenters. The van der Waals surface area contributed by atoms with Gasteiger partial charge >= 0.3 is 0 Å². The maximum atomic E-state index is 13.4. The van der Waals surface area contributed by atoms with E-state index in [1.54, 1.807) is 29.6 Å². The molecule has 30 heavy (non-hydrogen) atoms. The van der Waals surface area contributed by atoms with E-state index >= 15 is 0 Å². The molecule has 1 saturated carbocycles. The Hall–Kier alpha value is -2.85. The normalized spacial score (nSPS) is 22.4. The van der Waals surface area contributed by atoms with E-state index in [1.165, 1.54) is 22.1 Å². The number of pyridine rings is 1. The summed E-state index contributed by atoms with van der Waals surface area (Å²) in [7, 11) is -4.01. The lowest BCUT2D eigenvalue weighted by atomic mass is 10.1. The zero-order chi connectivity index (χ0) is 21.0. The van der Waals surface area contributed by atoms with Gasteiger partial charge in [-0.2, -0.15) is 8.42 Å². The summed E-state index contributed by atoms with van der Waals surface area (Å²) in [5.74, 6) is 0.115. The third kappa shape index (κ3) is 2.98. The zero-order valence-corrected chi connectivity index (χ0v) is 17.8. The highest BCUT2D eigenvalue weighted by molar-refractivity contribution is 7.90. The first-order valence-corrected chi connectivity index (χ1v) is 12.0. The fourth-order valence-electron chi connectivity index (χ4n) is 4.16. The van der Waals surface area contributed by atoms with Crippen molar-refractivity contribution in [1.29, 1.82) is 0 Å². The fourth-order valence-corrected chi connectivity index (χ4v) is 6.11. The number of rotatable bonds is 3. The van der Waals surface area contributed by atoms with Crippen LogP contribution in [0.15, 0.2) is 49.8 Å². The van der Waals surface area contributed by atoms with Crippen LogP contribution in [0.4, 0.5) is 5.69 Å². The molecule has 2 aliphatic rings. The van der Waals surface area contributed by atoms with Crippen LogP contribution >= 0.6 is 11.3 Å². The fraction of sp³-hybridized carbons (Fsp3) is 0.300. The van der Waals surface area contributed by atoms with Crippen molar-refractivity contribution in [3.8, 4) is 5.75 Å². The molecule has 2 aromatic heterocycles. The summed E-state index contributed by atoms with van der Waals surface area (Å²) in [6, 6.07) is 8.23. The average molecular weight is 445 g/mol. The van der Waals surface area contributed by atoms with Crippen LogP contribution in [0.25, 0.3) is 10.2 Å². The molecule has 1 aliphatic carbocycles. The van der Waals surface area contributed by atoms with Crippen LogP contribution in [0, 0.1) is 5.92 Å². The Morgan fingerprint density at radius 2 is 2.07 bits per heavy atom. The highest BCUT2D eigenvalue weighted by Crippen LogP contribution is 2.34. The van der Waals surface area contributed by atoms with Crippen LogP contribution in [-0.4, -0.2) is 30.1 Å². The minimum Gasteiger partial charge on any atom is -0.505 e. The topological polar surface area (TPSA) is 113 Å². The molecule has 10 heteroatoms. The van der Waals surface area contributed by atoms with Gasteiger partial charge in [-0.1, -0.05) is 19.1 Å². The largest absolute Gasteiger partial charge is 0.505 e. The van der Waals surface area contributed by atoms with Gasteiger partial charge in [0.2, 0.25) is 0 Å². The van der Waals surface area contributed by atoms with E-state index in [-0.39, 0.29) is 28.1 Å². The summed E-state index contributed by atoms with van der Waals surface area (Å²) in [6.45, 7) is 2.18. The molecule has 1 fully saturated rings. The van der Waals surface area contributed by atoms with E-state index in [4.69, 9.17) is 0 Å². The van der Waals surface area contributed by atoms with Gasteiger partial charge in [0.1, 0.15) is 10.5 Å². The Kier molecular flexibility index (Phi) is 4.37. The van der Waals surface area contributed by atoms with Crippen LogP contribution < -0.4 is 16.3 Å². The van der Waals surface area contributed by atoms with E-state index in [1.807, 2.05) is 0 Å². The molecule has 3 heterocycles. The van der Waals surface area contributed by atoms with Crippen molar-refractivity contribution in [3.05, 3.63) is 51.6 Å². The molecule has 0 radical (unpaired) electrons. The van der Waals surface area contributed by atoms with Crippen LogP contribution in [-0.2, 0) is 10.0 Å². The Balaban J connectivity index is 1.69. The number of hydrogen-bond donors (Lipinski definition) is 3. The summed E-state index contributed by atoms with van der Waals surface area (Å²) in [4.78, 5) is 13.5. The first-order chi connectivity index (χ1) is 14.3. The summed E-state index contributed by atoms with van der Waals surface area (Å²) >= 11 is 1.28. The Labute approximate surface area is 176 Å². The zero-order valence-electron chi connectivity index (χ0n) is 16.1. The van der Waals surface area contributed by atoms with Crippen molar-refractivity contribution in [1.82, 2.24) is 4.68 Å². The summed E-state index contributed by atoms with van der Waals surface area (Å²) < 4.78 is 31.0. The molecule has 1 aromatic carbocycles. The van der Waals surface area contributed by atoms with Gasteiger partial charge in [-0.25, -0.2) is 4.68 Å². The maximum Gasteiger partial charge on any atom is 0.286 e. The highest BCUT2D eigenvalue weighted by atomic mass is 32.2. The molecular formula is C20H20N4O4S2. The Morgan fingerprint density at radius 1 is 1.27 bits per heavy atom. The minimum absolute atomic E-state index is 0.0313. The van der Waals surface area contributed by atoms with Crippen molar-refractivity contribution in [2.75, 3.05) is 10.7 Å². The molecule has 2 atom stereocenters. The molecule has 0 saturated heterocycles. The van der Waals surface area contributed by atoms with Crippen LogP contribution in [0.3, 0.4) is 0 Å². The highest BCUT2D eigenvalue weighted by Gasteiger charge is 2.31.